The van der Waals surface area contributed by atoms with Gasteiger partial charge in [0.15, 0.2) is 0 Å². The molecule has 1 amide bonds. The van der Waals surface area contributed by atoms with Gasteiger partial charge in [-0.05, 0) is 26.9 Å². The fourth-order valence-electron chi connectivity index (χ4n) is 4.00. The van der Waals surface area contributed by atoms with Crippen molar-refractivity contribution in [3.63, 3.8) is 0 Å². The molecule has 3 nitrogen and oxygen atoms in total. The van der Waals surface area contributed by atoms with Crippen LogP contribution in [0.5, 0.6) is 0 Å². The number of hydrogen-bond donors (Lipinski definition) is 1. The van der Waals surface area contributed by atoms with E-state index in [2.05, 4.69) is 24.1 Å². The first-order chi connectivity index (χ1) is 14.1. The molecule has 0 aliphatic rings. The molecule has 0 aliphatic carbocycles. The van der Waals surface area contributed by atoms with Crippen LogP contribution in [0.1, 0.15) is 142 Å². The second kappa shape index (κ2) is 22.1. The SMILES string of the molecule is CCCCCCCCCCCCCCCCCCCC(=O)NC(CCC)N(C)C. The van der Waals surface area contributed by atoms with Gasteiger partial charge in [-0.25, -0.2) is 0 Å². The summed E-state index contributed by atoms with van der Waals surface area (Å²) >= 11 is 0. The summed E-state index contributed by atoms with van der Waals surface area (Å²) < 4.78 is 0. The Morgan fingerprint density at radius 1 is 0.621 bits per heavy atom. The van der Waals surface area contributed by atoms with Crippen molar-refractivity contribution in [3.05, 3.63) is 0 Å². The molecule has 0 spiro atoms. The highest BCUT2D eigenvalue weighted by molar-refractivity contribution is 5.76. The van der Waals surface area contributed by atoms with E-state index in [4.69, 9.17) is 0 Å². The summed E-state index contributed by atoms with van der Waals surface area (Å²) in [5, 5.41) is 3.16. The molecule has 0 aromatic heterocycles. The maximum Gasteiger partial charge on any atom is 0.221 e. The molecule has 1 N–H and O–H groups in total. The predicted molar refractivity (Wildman–Crippen MR) is 129 cm³/mol. The molecule has 0 radical (unpaired) electrons. The molecule has 0 fully saturated rings. The zero-order valence-electron chi connectivity index (χ0n) is 20.6. The van der Waals surface area contributed by atoms with Crippen molar-refractivity contribution in [2.45, 2.75) is 148 Å². The van der Waals surface area contributed by atoms with Crippen molar-refractivity contribution in [2.24, 2.45) is 0 Å². The van der Waals surface area contributed by atoms with E-state index in [1.54, 1.807) is 0 Å². The van der Waals surface area contributed by atoms with Gasteiger partial charge in [0, 0.05) is 6.42 Å². The smallest absolute Gasteiger partial charge is 0.221 e. The fourth-order valence-corrected chi connectivity index (χ4v) is 4.00. The third kappa shape index (κ3) is 20.5. The first-order valence-corrected chi connectivity index (χ1v) is 13.1. The maximum atomic E-state index is 12.1. The van der Waals surface area contributed by atoms with E-state index in [9.17, 15) is 4.79 Å². The minimum atomic E-state index is 0.193. The van der Waals surface area contributed by atoms with Crippen LogP contribution in [-0.2, 0) is 4.79 Å². The highest BCUT2D eigenvalue weighted by Gasteiger charge is 2.12. The van der Waals surface area contributed by atoms with E-state index in [1.165, 1.54) is 103 Å². The maximum absolute atomic E-state index is 12.1. The van der Waals surface area contributed by atoms with Crippen LogP contribution in [0.3, 0.4) is 0 Å². The topological polar surface area (TPSA) is 32.3 Å². The summed E-state index contributed by atoms with van der Waals surface area (Å²) in [4.78, 5) is 14.2. The minimum absolute atomic E-state index is 0.193. The largest absolute Gasteiger partial charge is 0.341 e. The van der Waals surface area contributed by atoms with Crippen LogP contribution < -0.4 is 5.32 Å². The van der Waals surface area contributed by atoms with E-state index >= 15 is 0 Å². The quantitative estimate of drug-likeness (QED) is 0.146. The van der Waals surface area contributed by atoms with Crippen LogP contribution in [0.15, 0.2) is 0 Å². The molecule has 1 unspecified atom stereocenters. The Hall–Kier alpha value is -0.570. The summed E-state index contributed by atoms with van der Waals surface area (Å²) in [5.41, 5.74) is 0. The number of rotatable bonds is 22. The Morgan fingerprint density at radius 3 is 1.34 bits per heavy atom. The number of amides is 1. The fraction of sp³-hybridized carbons (Fsp3) is 0.962. The summed E-state index contributed by atoms with van der Waals surface area (Å²) in [6.45, 7) is 4.45. The minimum Gasteiger partial charge on any atom is -0.341 e. The first kappa shape index (κ1) is 28.4. The van der Waals surface area contributed by atoms with Crippen molar-refractivity contribution in [1.29, 1.82) is 0 Å². The Bertz CT molecular complexity index is 344. The van der Waals surface area contributed by atoms with Crippen LogP contribution in [-0.4, -0.2) is 31.1 Å². The van der Waals surface area contributed by atoms with Crippen LogP contribution in [0.4, 0.5) is 0 Å². The molecule has 0 bridgehead atoms. The Morgan fingerprint density at radius 2 is 1.00 bits per heavy atom. The van der Waals surface area contributed by atoms with Gasteiger partial charge in [-0.1, -0.05) is 123 Å². The average Bonchev–Trinajstić information content (AvgIpc) is 2.70. The molecule has 0 aromatic carbocycles. The van der Waals surface area contributed by atoms with Gasteiger partial charge in [0.2, 0.25) is 5.91 Å². The number of unbranched alkanes of at least 4 members (excludes halogenated alkanes) is 16. The zero-order chi connectivity index (χ0) is 21.6. The lowest BCUT2D eigenvalue weighted by Crippen LogP contribution is -2.44. The normalized spacial score (nSPS) is 12.4. The molecular weight excluding hydrogens is 356 g/mol. The molecule has 174 valence electrons. The van der Waals surface area contributed by atoms with Gasteiger partial charge in [0.1, 0.15) is 0 Å². The second-order valence-corrected chi connectivity index (χ2v) is 9.24. The number of hydrogen-bond acceptors (Lipinski definition) is 2. The lowest BCUT2D eigenvalue weighted by Gasteiger charge is -2.25. The highest BCUT2D eigenvalue weighted by Crippen LogP contribution is 2.14. The second-order valence-electron chi connectivity index (χ2n) is 9.24. The van der Waals surface area contributed by atoms with Gasteiger partial charge in [0.25, 0.3) is 0 Å². The zero-order valence-corrected chi connectivity index (χ0v) is 20.6. The first-order valence-electron chi connectivity index (χ1n) is 13.1. The lowest BCUT2D eigenvalue weighted by atomic mass is 10.0. The van der Waals surface area contributed by atoms with Crippen molar-refractivity contribution >= 4 is 5.91 Å². The average molecular weight is 411 g/mol. The number of carbonyl (C=O) groups is 1. The number of nitrogens with zero attached hydrogens (tertiary/aromatic N) is 1. The molecule has 0 saturated heterocycles. The molecule has 1 atom stereocenters. The Balaban J connectivity index is 3.28. The number of carbonyl (C=O) groups excluding carboxylic acids is 1. The van der Waals surface area contributed by atoms with Gasteiger partial charge >= 0.3 is 0 Å². The van der Waals surface area contributed by atoms with Gasteiger partial charge in [-0.3, -0.25) is 9.69 Å². The summed E-state index contributed by atoms with van der Waals surface area (Å²) in [6, 6.07) is 0. The van der Waals surface area contributed by atoms with Crippen molar-refractivity contribution < 1.29 is 4.79 Å². The van der Waals surface area contributed by atoms with E-state index in [0.29, 0.717) is 6.42 Å². The van der Waals surface area contributed by atoms with E-state index < -0.39 is 0 Å². The van der Waals surface area contributed by atoms with Crippen molar-refractivity contribution in [1.82, 2.24) is 10.2 Å². The molecule has 0 saturated carbocycles. The van der Waals surface area contributed by atoms with Crippen molar-refractivity contribution in [3.8, 4) is 0 Å². The molecular formula is C26H54N2O. The summed E-state index contributed by atoms with van der Waals surface area (Å²) in [5.74, 6) is 0.220. The van der Waals surface area contributed by atoms with Crippen LogP contribution in [0.25, 0.3) is 0 Å². The monoisotopic (exact) mass is 410 g/mol. The molecule has 29 heavy (non-hydrogen) atoms. The molecule has 3 heteroatoms. The van der Waals surface area contributed by atoms with Gasteiger partial charge in [0.05, 0.1) is 6.17 Å². The predicted octanol–water partition coefficient (Wildman–Crippen LogP) is 7.83. The molecule has 0 rings (SSSR count). The van der Waals surface area contributed by atoms with E-state index in [1.807, 2.05) is 14.1 Å². The van der Waals surface area contributed by atoms with Crippen LogP contribution >= 0.6 is 0 Å². The van der Waals surface area contributed by atoms with Crippen LogP contribution in [0.2, 0.25) is 0 Å². The summed E-state index contributed by atoms with van der Waals surface area (Å²) in [6.07, 6.45) is 26.4. The number of nitrogens with one attached hydrogen (secondary N) is 1. The molecule has 0 aromatic rings. The third-order valence-corrected chi connectivity index (χ3v) is 6.02. The van der Waals surface area contributed by atoms with Crippen LogP contribution in [0, 0.1) is 0 Å². The Kier molecular flexibility index (Phi) is 21.7. The molecule has 0 heterocycles. The summed E-state index contributed by atoms with van der Waals surface area (Å²) in [7, 11) is 4.08. The van der Waals surface area contributed by atoms with Gasteiger partial charge in [-0.15, -0.1) is 0 Å². The lowest BCUT2D eigenvalue weighted by molar-refractivity contribution is -0.123. The van der Waals surface area contributed by atoms with Crippen molar-refractivity contribution in [2.75, 3.05) is 14.1 Å². The van der Waals surface area contributed by atoms with Gasteiger partial charge in [-0.2, -0.15) is 0 Å². The molecule has 0 aliphatic heterocycles. The van der Waals surface area contributed by atoms with E-state index in [0.717, 1.165) is 19.3 Å². The van der Waals surface area contributed by atoms with E-state index in [-0.39, 0.29) is 12.1 Å². The highest BCUT2D eigenvalue weighted by atomic mass is 16.1. The Labute approximate surface area is 183 Å². The third-order valence-electron chi connectivity index (χ3n) is 6.02. The van der Waals surface area contributed by atoms with Gasteiger partial charge < -0.3 is 5.32 Å². The standard InChI is InChI=1S/C26H54N2O/c1-5-7-8-9-10-11-12-13-14-15-16-17-18-19-20-21-22-24-26(29)27-25(23-6-2)28(3)4/h25H,5-24H2,1-4H3,(H,27,29).